The topological polar surface area (TPSA) is 88.2 Å². The second-order valence-corrected chi connectivity index (χ2v) is 7.87. The molecule has 1 aromatic heterocycles. The van der Waals surface area contributed by atoms with Crippen molar-refractivity contribution in [2.24, 2.45) is 0 Å². The van der Waals surface area contributed by atoms with Crippen LogP contribution in [0.5, 0.6) is 0 Å². The third-order valence-electron chi connectivity index (χ3n) is 3.83. The van der Waals surface area contributed by atoms with Crippen molar-refractivity contribution in [3.63, 3.8) is 0 Å². The van der Waals surface area contributed by atoms with Crippen molar-refractivity contribution in [1.82, 2.24) is 4.98 Å². The van der Waals surface area contributed by atoms with Gasteiger partial charge in [0.25, 0.3) is 15.9 Å². The van der Waals surface area contributed by atoms with E-state index in [9.17, 15) is 13.2 Å². The summed E-state index contributed by atoms with van der Waals surface area (Å²) in [6.07, 6.45) is 3.16. The molecule has 0 saturated carbocycles. The Labute approximate surface area is 162 Å². The summed E-state index contributed by atoms with van der Waals surface area (Å²) in [5, 5.41) is 3.18. The van der Waals surface area contributed by atoms with Crippen LogP contribution in [0.3, 0.4) is 0 Å². The molecule has 0 radical (unpaired) electrons. The fourth-order valence-electron chi connectivity index (χ4n) is 2.37. The number of para-hydroxylation sites is 1. The summed E-state index contributed by atoms with van der Waals surface area (Å²) in [5.74, 6) is -0.444. The van der Waals surface area contributed by atoms with Gasteiger partial charge in [-0.25, -0.2) is 8.42 Å². The summed E-state index contributed by atoms with van der Waals surface area (Å²) in [5.41, 5.74) is 1.76. The number of hydrogen-bond acceptors (Lipinski definition) is 4. The maximum absolute atomic E-state index is 12.7. The number of carbonyl (C=O) groups excluding carboxylic acids is 1. The number of rotatable bonds is 5. The Morgan fingerprint density at radius 3 is 2.41 bits per heavy atom. The highest BCUT2D eigenvalue weighted by Crippen LogP contribution is 2.23. The maximum atomic E-state index is 12.7. The zero-order valence-electron chi connectivity index (χ0n) is 14.3. The van der Waals surface area contributed by atoms with Gasteiger partial charge in [0, 0.05) is 11.2 Å². The standard InChI is InChI=1S/C19H16ClN3O3S/c1-13-10-11-21-12-18(13)22-19(24)16-4-2-3-5-17(16)23-27(25,26)15-8-6-14(20)7-9-15/h2-12,23H,1H3,(H,22,24). The van der Waals surface area contributed by atoms with Crippen molar-refractivity contribution in [2.75, 3.05) is 10.0 Å². The lowest BCUT2D eigenvalue weighted by molar-refractivity contribution is 0.102. The molecular weight excluding hydrogens is 386 g/mol. The molecule has 1 amide bonds. The quantitative estimate of drug-likeness (QED) is 0.673. The molecule has 0 unspecified atom stereocenters. The number of halogens is 1. The number of carbonyl (C=O) groups is 1. The molecule has 0 fully saturated rings. The number of pyridine rings is 1. The Morgan fingerprint density at radius 1 is 1.00 bits per heavy atom. The second-order valence-electron chi connectivity index (χ2n) is 5.75. The first-order valence-electron chi connectivity index (χ1n) is 7.96. The Hall–Kier alpha value is -2.90. The smallest absolute Gasteiger partial charge is 0.261 e. The lowest BCUT2D eigenvalue weighted by Gasteiger charge is -2.13. The summed E-state index contributed by atoms with van der Waals surface area (Å²) < 4.78 is 27.7. The van der Waals surface area contributed by atoms with E-state index in [-0.39, 0.29) is 16.1 Å². The Bertz CT molecular complexity index is 1080. The van der Waals surface area contributed by atoms with Gasteiger partial charge in [-0.2, -0.15) is 0 Å². The highest BCUT2D eigenvalue weighted by atomic mass is 35.5. The van der Waals surface area contributed by atoms with Crippen LogP contribution in [0.15, 0.2) is 71.9 Å². The first-order chi connectivity index (χ1) is 12.9. The predicted octanol–water partition coefficient (Wildman–Crippen LogP) is 4.10. The largest absolute Gasteiger partial charge is 0.320 e. The molecule has 27 heavy (non-hydrogen) atoms. The van der Waals surface area contributed by atoms with Crippen LogP contribution in [0.1, 0.15) is 15.9 Å². The van der Waals surface area contributed by atoms with Gasteiger partial charge in [-0.3, -0.25) is 14.5 Å². The third kappa shape index (κ3) is 4.45. The minimum atomic E-state index is -3.87. The van der Waals surface area contributed by atoms with Crippen molar-refractivity contribution in [1.29, 1.82) is 0 Å². The van der Waals surface area contributed by atoms with Crippen LogP contribution in [-0.4, -0.2) is 19.3 Å². The van der Waals surface area contributed by atoms with Crippen LogP contribution >= 0.6 is 11.6 Å². The molecular formula is C19H16ClN3O3S. The van der Waals surface area contributed by atoms with E-state index in [1.165, 1.54) is 36.5 Å². The van der Waals surface area contributed by atoms with Crippen molar-refractivity contribution >= 4 is 38.9 Å². The summed E-state index contributed by atoms with van der Waals surface area (Å²) >= 11 is 5.81. The van der Waals surface area contributed by atoms with Gasteiger partial charge in [-0.15, -0.1) is 0 Å². The summed E-state index contributed by atoms with van der Waals surface area (Å²) in [6, 6.07) is 13.9. The minimum Gasteiger partial charge on any atom is -0.320 e. The van der Waals surface area contributed by atoms with Crippen LogP contribution in [0.2, 0.25) is 5.02 Å². The van der Waals surface area contributed by atoms with E-state index < -0.39 is 15.9 Å². The molecule has 6 nitrogen and oxygen atoms in total. The lowest BCUT2D eigenvalue weighted by atomic mass is 10.1. The molecule has 3 rings (SSSR count). The van der Waals surface area contributed by atoms with E-state index in [0.717, 1.165) is 5.56 Å². The molecule has 0 aliphatic carbocycles. The Kier molecular flexibility index (Phi) is 5.43. The summed E-state index contributed by atoms with van der Waals surface area (Å²) in [6.45, 7) is 1.84. The fraction of sp³-hybridized carbons (Fsp3) is 0.0526. The Morgan fingerprint density at radius 2 is 1.70 bits per heavy atom. The third-order valence-corrected chi connectivity index (χ3v) is 5.46. The SMILES string of the molecule is Cc1ccncc1NC(=O)c1ccccc1NS(=O)(=O)c1ccc(Cl)cc1. The molecule has 8 heteroatoms. The first-order valence-corrected chi connectivity index (χ1v) is 9.82. The lowest BCUT2D eigenvalue weighted by Crippen LogP contribution is -2.19. The molecule has 2 N–H and O–H groups in total. The van der Waals surface area contributed by atoms with Gasteiger partial charge >= 0.3 is 0 Å². The highest BCUT2D eigenvalue weighted by Gasteiger charge is 2.19. The van der Waals surface area contributed by atoms with E-state index >= 15 is 0 Å². The molecule has 0 bridgehead atoms. The molecule has 0 spiro atoms. The van der Waals surface area contributed by atoms with Gasteiger partial charge in [0.1, 0.15) is 0 Å². The monoisotopic (exact) mass is 401 g/mol. The zero-order valence-corrected chi connectivity index (χ0v) is 15.9. The number of sulfonamides is 1. The fourth-order valence-corrected chi connectivity index (χ4v) is 3.58. The van der Waals surface area contributed by atoms with Gasteiger partial charge in [0.15, 0.2) is 0 Å². The van der Waals surface area contributed by atoms with Crippen molar-refractivity contribution in [3.8, 4) is 0 Å². The summed E-state index contributed by atoms with van der Waals surface area (Å²) in [7, 11) is -3.87. The number of aryl methyl sites for hydroxylation is 1. The highest BCUT2D eigenvalue weighted by molar-refractivity contribution is 7.92. The average molecular weight is 402 g/mol. The average Bonchev–Trinajstić information content (AvgIpc) is 2.64. The normalized spacial score (nSPS) is 11.0. The van der Waals surface area contributed by atoms with Crippen molar-refractivity contribution in [3.05, 3.63) is 83.1 Å². The summed E-state index contributed by atoms with van der Waals surface area (Å²) in [4.78, 5) is 16.7. The predicted molar refractivity (Wildman–Crippen MR) is 106 cm³/mol. The number of nitrogens with zero attached hydrogens (tertiary/aromatic N) is 1. The number of amides is 1. The number of benzene rings is 2. The molecule has 138 valence electrons. The number of nitrogens with one attached hydrogen (secondary N) is 2. The first kappa shape index (κ1) is 18.9. The van der Waals surface area contributed by atoms with E-state index in [0.29, 0.717) is 10.7 Å². The second kappa shape index (κ2) is 7.77. The van der Waals surface area contributed by atoms with E-state index in [4.69, 9.17) is 11.6 Å². The van der Waals surface area contributed by atoms with E-state index in [1.54, 1.807) is 30.5 Å². The molecule has 2 aromatic carbocycles. The number of hydrogen-bond donors (Lipinski definition) is 2. The van der Waals surface area contributed by atoms with Gasteiger partial charge in [-0.1, -0.05) is 23.7 Å². The Balaban J connectivity index is 1.89. The molecule has 3 aromatic rings. The van der Waals surface area contributed by atoms with Crippen LogP contribution in [-0.2, 0) is 10.0 Å². The van der Waals surface area contributed by atoms with E-state index in [2.05, 4.69) is 15.0 Å². The van der Waals surface area contributed by atoms with Crippen LogP contribution in [0.4, 0.5) is 11.4 Å². The van der Waals surface area contributed by atoms with Gasteiger partial charge in [0.05, 0.1) is 28.0 Å². The maximum Gasteiger partial charge on any atom is 0.261 e. The van der Waals surface area contributed by atoms with Crippen LogP contribution in [0, 0.1) is 6.92 Å². The van der Waals surface area contributed by atoms with E-state index in [1.807, 2.05) is 6.92 Å². The van der Waals surface area contributed by atoms with Crippen molar-refractivity contribution in [2.45, 2.75) is 11.8 Å². The molecule has 1 heterocycles. The minimum absolute atomic E-state index is 0.0465. The number of anilines is 2. The van der Waals surface area contributed by atoms with Crippen LogP contribution in [0.25, 0.3) is 0 Å². The molecule has 0 aliphatic heterocycles. The van der Waals surface area contributed by atoms with Gasteiger partial charge < -0.3 is 5.32 Å². The van der Waals surface area contributed by atoms with Crippen LogP contribution < -0.4 is 10.0 Å². The molecule has 0 atom stereocenters. The van der Waals surface area contributed by atoms with Gasteiger partial charge in [0.2, 0.25) is 0 Å². The van der Waals surface area contributed by atoms with Crippen molar-refractivity contribution < 1.29 is 13.2 Å². The molecule has 0 saturated heterocycles. The van der Waals surface area contributed by atoms with Gasteiger partial charge in [-0.05, 0) is 55.0 Å². The number of aromatic nitrogens is 1. The zero-order chi connectivity index (χ0) is 19.4. The molecule has 0 aliphatic rings.